The molecule has 0 spiro atoms. The summed E-state index contributed by atoms with van der Waals surface area (Å²) in [5.41, 5.74) is 0.927. The average molecular weight is 361 g/mol. The molecule has 23 heavy (non-hydrogen) atoms. The lowest BCUT2D eigenvalue weighted by atomic mass is 10.1. The van der Waals surface area contributed by atoms with Crippen LogP contribution in [0, 0.1) is 0 Å². The third kappa shape index (κ3) is 4.17. The molecular formula is C16H22Cl2N2O3. The topological polar surface area (TPSA) is 50.8 Å². The number of nitrogens with zero attached hydrogens (tertiary/aromatic N) is 1. The highest BCUT2D eigenvalue weighted by Crippen LogP contribution is 2.30. The third-order valence-corrected chi connectivity index (χ3v) is 4.52. The van der Waals surface area contributed by atoms with E-state index in [9.17, 15) is 4.79 Å². The minimum absolute atomic E-state index is 0. The van der Waals surface area contributed by atoms with Gasteiger partial charge in [0.05, 0.1) is 25.8 Å². The first-order chi connectivity index (χ1) is 10.7. The first-order valence-electron chi connectivity index (χ1n) is 7.65. The Hall–Kier alpha value is -0.850. The molecule has 1 amide bonds. The molecule has 1 N–H and O–H groups in total. The molecule has 2 heterocycles. The van der Waals surface area contributed by atoms with E-state index in [1.807, 2.05) is 36.1 Å². The lowest BCUT2D eigenvalue weighted by molar-refractivity contribution is -0.157. The second kappa shape index (κ2) is 8.31. The van der Waals surface area contributed by atoms with Crippen molar-refractivity contribution in [3.8, 4) is 0 Å². The fourth-order valence-electron chi connectivity index (χ4n) is 2.90. The second-order valence-corrected chi connectivity index (χ2v) is 6.15. The van der Waals surface area contributed by atoms with Crippen LogP contribution in [-0.4, -0.2) is 55.8 Å². The second-order valence-electron chi connectivity index (χ2n) is 5.75. The van der Waals surface area contributed by atoms with Crippen LogP contribution in [0.5, 0.6) is 0 Å². The standard InChI is InChI=1S/C16H21ClN2O3.ClH/c1-11-10-22-15(12-4-2-3-5-13(12)17)9-19(11)16(20)14-8-18-6-7-21-14;/h2-5,11,14-15,18H,6-10H2,1H3;1H. The van der Waals surface area contributed by atoms with Crippen molar-refractivity contribution in [2.45, 2.75) is 25.2 Å². The van der Waals surface area contributed by atoms with E-state index in [4.69, 9.17) is 21.1 Å². The molecule has 1 aromatic rings. The average Bonchev–Trinajstić information content (AvgIpc) is 2.56. The number of amides is 1. The van der Waals surface area contributed by atoms with Crippen LogP contribution in [0.1, 0.15) is 18.6 Å². The molecule has 3 unspecified atom stereocenters. The number of hydrogen-bond donors (Lipinski definition) is 1. The van der Waals surface area contributed by atoms with Crippen molar-refractivity contribution in [2.75, 3.05) is 32.8 Å². The predicted molar refractivity (Wildman–Crippen MR) is 91.2 cm³/mol. The van der Waals surface area contributed by atoms with Crippen molar-refractivity contribution >= 4 is 29.9 Å². The van der Waals surface area contributed by atoms with Gasteiger partial charge in [-0.3, -0.25) is 4.79 Å². The van der Waals surface area contributed by atoms with E-state index in [1.54, 1.807) is 0 Å². The third-order valence-electron chi connectivity index (χ3n) is 4.17. The molecule has 2 fully saturated rings. The van der Waals surface area contributed by atoms with Crippen molar-refractivity contribution in [3.63, 3.8) is 0 Å². The molecule has 2 saturated heterocycles. The van der Waals surface area contributed by atoms with Gasteiger partial charge in [0.1, 0.15) is 12.2 Å². The number of carbonyl (C=O) groups excluding carboxylic acids is 1. The summed E-state index contributed by atoms with van der Waals surface area (Å²) >= 11 is 6.25. The van der Waals surface area contributed by atoms with Crippen molar-refractivity contribution in [1.82, 2.24) is 10.2 Å². The lowest BCUT2D eigenvalue weighted by Gasteiger charge is -2.40. The van der Waals surface area contributed by atoms with E-state index in [0.717, 1.165) is 12.1 Å². The van der Waals surface area contributed by atoms with Gasteiger partial charge in [0.2, 0.25) is 0 Å². The normalized spacial score (nSPS) is 28.1. The Morgan fingerprint density at radius 2 is 2.13 bits per heavy atom. The van der Waals surface area contributed by atoms with Gasteiger partial charge in [0.25, 0.3) is 5.91 Å². The van der Waals surface area contributed by atoms with Crippen LogP contribution in [0.15, 0.2) is 24.3 Å². The van der Waals surface area contributed by atoms with Gasteiger partial charge in [-0.05, 0) is 13.0 Å². The number of hydrogen-bond acceptors (Lipinski definition) is 4. The van der Waals surface area contributed by atoms with E-state index in [1.165, 1.54) is 0 Å². The van der Waals surface area contributed by atoms with E-state index < -0.39 is 6.10 Å². The van der Waals surface area contributed by atoms with Gasteiger partial charge < -0.3 is 19.7 Å². The summed E-state index contributed by atoms with van der Waals surface area (Å²) in [5, 5.41) is 3.87. The Kier molecular flexibility index (Phi) is 6.68. The monoisotopic (exact) mass is 360 g/mol. The Bertz CT molecular complexity index is 538. The van der Waals surface area contributed by atoms with Crippen molar-refractivity contribution in [2.24, 2.45) is 0 Å². The van der Waals surface area contributed by atoms with E-state index in [0.29, 0.717) is 31.3 Å². The predicted octanol–water partition coefficient (Wildman–Crippen LogP) is 2.04. The minimum Gasteiger partial charge on any atom is -0.369 e. The summed E-state index contributed by atoms with van der Waals surface area (Å²) in [6.07, 6.45) is -0.591. The molecule has 3 atom stereocenters. The number of halogens is 2. The summed E-state index contributed by atoms with van der Waals surface area (Å²) < 4.78 is 11.5. The highest BCUT2D eigenvalue weighted by atomic mass is 35.5. The molecule has 0 bridgehead atoms. The van der Waals surface area contributed by atoms with E-state index in [-0.39, 0.29) is 30.5 Å². The van der Waals surface area contributed by atoms with Gasteiger partial charge >= 0.3 is 0 Å². The number of carbonyl (C=O) groups is 1. The fourth-order valence-corrected chi connectivity index (χ4v) is 3.15. The van der Waals surface area contributed by atoms with Crippen molar-refractivity contribution < 1.29 is 14.3 Å². The molecule has 7 heteroatoms. The zero-order valence-corrected chi connectivity index (χ0v) is 14.6. The zero-order valence-electron chi connectivity index (χ0n) is 13.0. The highest BCUT2D eigenvalue weighted by Gasteiger charge is 2.35. The molecule has 1 aromatic carbocycles. The summed E-state index contributed by atoms with van der Waals surface area (Å²) in [7, 11) is 0. The van der Waals surface area contributed by atoms with Crippen LogP contribution in [0.25, 0.3) is 0 Å². The molecule has 3 rings (SSSR count). The van der Waals surface area contributed by atoms with Crippen LogP contribution in [0.2, 0.25) is 5.02 Å². The maximum Gasteiger partial charge on any atom is 0.253 e. The summed E-state index contributed by atoms with van der Waals surface area (Å²) in [6.45, 7) is 4.94. The van der Waals surface area contributed by atoms with Crippen molar-refractivity contribution in [3.05, 3.63) is 34.9 Å². The quantitative estimate of drug-likeness (QED) is 0.876. The zero-order chi connectivity index (χ0) is 15.5. The van der Waals surface area contributed by atoms with Gasteiger partial charge in [-0.1, -0.05) is 29.8 Å². The van der Waals surface area contributed by atoms with Gasteiger partial charge in [0, 0.05) is 23.7 Å². The van der Waals surface area contributed by atoms with Crippen molar-refractivity contribution in [1.29, 1.82) is 0 Å². The molecule has 0 saturated carbocycles. The minimum atomic E-state index is -0.402. The Labute approximate surface area is 147 Å². The largest absolute Gasteiger partial charge is 0.369 e. The maximum atomic E-state index is 12.7. The number of ether oxygens (including phenoxy) is 2. The maximum absolute atomic E-state index is 12.7. The molecule has 0 aromatic heterocycles. The lowest BCUT2D eigenvalue weighted by Crippen LogP contribution is -2.55. The van der Waals surface area contributed by atoms with E-state index in [2.05, 4.69) is 5.32 Å². The molecular weight excluding hydrogens is 339 g/mol. The van der Waals surface area contributed by atoms with E-state index >= 15 is 0 Å². The van der Waals surface area contributed by atoms with Crippen LogP contribution >= 0.6 is 24.0 Å². The number of rotatable bonds is 2. The molecule has 2 aliphatic heterocycles. The molecule has 0 radical (unpaired) electrons. The van der Waals surface area contributed by atoms with Gasteiger partial charge in [-0.15, -0.1) is 12.4 Å². The molecule has 0 aliphatic carbocycles. The number of benzene rings is 1. The Morgan fingerprint density at radius 3 is 2.83 bits per heavy atom. The number of morpholine rings is 2. The first kappa shape index (κ1) is 18.5. The Balaban J connectivity index is 0.00000192. The molecule has 5 nitrogen and oxygen atoms in total. The first-order valence-corrected chi connectivity index (χ1v) is 8.03. The molecule has 128 valence electrons. The van der Waals surface area contributed by atoms with Gasteiger partial charge in [-0.2, -0.15) is 0 Å². The summed E-state index contributed by atoms with van der Waals surface area (Å²) in [6, 6.07) is 7.66. The SMILES string of the molecule is CC1COC(c2ccccc2Cl)CN1C(=O)C1CNCCO1.Cl. The molecule has 2 aliphatic rings. The summed E-state index contributed by atoms with van der Waals surface area (Å²) in [4.78, 5) is 14.6. The van der Waals surface area contributed by atoms with Crippen LogP contribution < -0.4 is 5.32 Å². The fraction of sp³-hybridized carbons (Fsp3) is 0.562. The Morgan fingerprint density at radius 1 is 1.35 bits per heavy atom. The van der Waals surface area contributed by atoms with Crippen LogP contribution in [-0.2, 0) is 14.3 Å². The smallest absolute Gasteiger partial charge is 0.253 e. The summed E-state index contributed by atoms with van der Waals surface area (Å²) in [5.74, 6) is 0.0278. The van der Waals surface area contributed by atoms with Crippen LogP contribution in [0.3, 0.4) is 0 Å². The highest BCUT2D eigenvalue weighted by molar-refractivity contribution is 6.31. The van der Waals surface area contributed by atoms with Gasteiger partial charge in [0.15, 0.2) is 0 Å². The van der Waals surface area contributed by atoms with Gasteiger partial charge in [-0.25, -0.2) is 0 Å². The number of nitrogens with one attached hydrogen (secondary N) is 1. The van der Waals surface area contributed by atoms with Crippen LogP contribution in [0.4, 0.5) is 0 Å².